The van der Waals surface area contributed by atoms with Crippen molar-refractivity contribution in [2.75, 3.05) is 6.54 Å². The Labute approximate surface area is 131 Å². The summed E-state index contributed by atoms with van der Waals surface area (Å²) in [5, 5.41) is 0. The van der Waals surface area contributed by atoms with Gasteiger partial charge in [0.1, 0.15) is 0 Å². The molecule has 1 aliphatic carbocycles. The summed E-state index contributed by atoms with van der Waals surface area (Å²) in [7, 11) is -3.47. The van der Waals surface area contributed by atoms with E-state index in [1.807, 2.05) is 6.07 Å². The Hall–Kier alpha value is -1.40. The first kappa shape index (κ1) is 15.5. The molecule has 120 valence electrons. The van der Waals surface area contributed by atoms with E-state index in [0.717, 1.165) is 43.2 Å². The summed E-state index contributed by atoms with van der Waals surface area (Å²) in [6.45, 7) is 2.75. The molecule has 6 heteroatoms. The van der Waals surface area contributed by atoms with Gasteiger partial charge in [0.25, 0.3) is 0 Å². The van der Waals surface area contributed by atoms with E-state index >= 15 is 0 Å². The van der Waals surface area contributed by atoms with Crippen LogP contribution in [0.3, 0.4) is 0 Å². The third-order valence-corrected chi connectivity index (χ3v) is 6.14. The van der Waals surface area contributed by atoms with E-state index < -0.39 is 10.0 Å². The molecule has 1 saturated carbocycles. The minimum absolute atomic E-state index is 0.0305. The highest BCUT2D eigenvalue weighted by atomic mass is 32.2. The zero-order valence-electron chi connectivity index (χ0n) is 12.8. The maximum atomic E-state index is 12.5. The molecule has 1 heterocycles. The minimum atomic E-state index is -3.47. The highest BCUT2D eigenvalue weighted by Crippen LogP contribution is 2.24. The Morgan fingerprint density at radius 1 is 1.23 bits per heavy atom. The number of fused-ring (bicyclic) bond motifs is 1. The van der Waals surface area contributed by atoms with Crippen LogP contribution in [0.5, 0.6) is 0 Å². The van der Waals surface area contributed by atoms with Gasteiger partial charge in [-0.15, -0.1) is 0 Å². The van der Waals surface area contributed by atoms with E-state index in [1.165, 1.54) is 0 Å². The summed E-state index contributed by atoms with van der Waals surface area (Å²) in [4.78, 5) is 13.6. The van der Waals surface area contributed by atoms with Crippen molar-refractivity contribution in [3.8, 4) is 0 Å². The van der Waals surface area contributed by atoms with Crippen molar-refractivity contribution in [2.45, 2.75) is 56.5 Å². The number of benzene rings is 1. The fourth-order valence-corrected chi connectivity index (χ4v) is 4.66. The normalized spacial score (nSPS) is 19.2. The molecule has 1 aromatic carbocycles. The number of hydrogen-bond donors (Lipinski definition) is 1. The molecule has 22 heavy (non-hydrogen) atoms. The molecule has 1 aliphatic heterocycles. The number of hydrogen-bond acceptors (Lipinski definition) is 3. The average molecular weight is 322 g/mol. The zero-order valence-corrected chi connectivity index (χ0v) is 13.7. The summed E-state index contributed by atoms with van der Waals surface area (Å²) in [6.07, 6.45) is 4.80. The predicted molar refractivity (Wildman–Crippen MR) is 83.8 cm³/mol. The predicted octanol–water partition coefficient (Wildman–Crippen LogP) is 1.81. The van der Waals surface area contributed by atoms with Crippen molar-refractivity contribution in [3.05, 3.63) is 29.3 Å². The van der Waals surface area contributed by atoms with Crippen LogP contribution in [-0.2, 0) is 27.8 Å². The lowest BCUT2D eigenvalue weighted by molar-refractivity contribution is -0.129. The van der Waals surface area contributed by atoms with Gasteiger partial charge in [-0.25, -0.2) is 13.1 Å². The molecule has 5 nitrogen and oxygen atoms in total. The lowest BCUT2D eigenvalue weighted by Gasteiger charge is -2.28. The van der Waals surface area contributed by atoms with Crippen LogP contribution in [0.25, 0.3) is 0 Å². The summed E-state index contributed by atoms with van der Waals surface area (Å²) >= 11 is 0. The van der Waals surface area contributed by atoms with E-state index in [4.69, 9.17) is 0 Å². The molecule has 0 aromatic heterocycles. The molecule has 1 fully saturated rings. The van der Waals surface area contributed by atoms with Gasteiger partial charge in [-0.05, 0) is 42.5 Å². The third kappa shape index (κ3) is 3.17. The molecule has 1 amide bonds. The number of sulfonamides is 1. The molecule has 0 atom stereocenters. The minimum Gasteiger partial charge on any atom is -0.338 e. The van der Waals surface area contributed by atoms with Gasteiger partial charge >= 0.3 is 0 Å². The second-order valence-corrected chi connectivity index (χ2v) is 7.94. The first-order valence-corrected chi connectivity index (χ1v) is 9.34. The van der Waals surface area contributed by atoms with Crippen molar-refractivity contribution < 1.29 is 13.2 Å². The van der Waals surface area contributed by atoms with E-state index in [0.29, 0.717) is 18.0 Å². The van der Waals surface area contributed by atoms with Gasteiger partial charge in [0.15, 0.2) is 0 Å². The van der Waals surface area contributed by atoms with Gasteiger partial charge in [0.2, 0.25) is 15.9 Å². The van der Waals surface area contributed by atoms with Crippen LogP contribution >= 0.6 is 0 Å². The summed E-state index contributed by atoms with van der Waals surface area (Å²) in [5.74, 6) is 0.0305. The smallest absolute Gasteiger partial charge is 0.240 e. The number of rotatable bonds is 3. The summed E-state index contributed by atoms with van der Waals surface area (Å²) in [5.41, 5.74) is 2.08. The molecular weight excluding hydrogens is 300 g/mol. The molecule has 0 bridgehead atoms. The first-order valence-electron chi connectivity index (χ1n) is 7.85. The van der Waals surface area contributed by atoms with Crippen LogP contribution in [0.4, 0.5) is 0 Å². The third-order valence-electron chi connectivity index (χ3n) is 4.62. The molecule has 0 unspecified atom stereocenters. The number of nitrogens with one attached hydrogen (secondary N) is 1. The van der Waals surface area contributed by atoms with Crippen LogP contribution < -0.4 is 4.72 Å². The lowest BCUT2D eigenvalue weighted by atomic mass is 10.00. The Morgan fingerprint density at radius 2 is 1.95 bits per heavy atom. The molecule has 0 saturated heterocycles. The lowest BCUT2D eigenvalue weighted by Crippen LogP contribution is -2.35. The second kappa shape index (κ2) is 6.01. The second-order valence-electron chi connectivity index (χ2n) is 6.22. The van der Waals surface area contributed by atoms with Crippen molar-refractivity contribution in [1.82, 2.24) is 9.62 Å². The Kier molecular flexibility index (Phi) is 4.23. The van der Waals surface area contributed by atoms with E-state index in [2.05, 4.69) is 4.72 Å². The Balaban J connectivity index is 1.83. The van der Waals surface area contributed by atoms with Gasteiger partial charge in [-0.3, -0.25) is 4.79 Å². The van der Waals surface area contributed by atoms with Crippen LogP contribution in [0.2, 0.25) is 0 Å². The van der Waals surface area contributed by atoms with E-state index in [9.17, 15) is 13.2 Å². The largest absolute Gasteiger partial charge is 0.338 e. The maximum absolute atomic E-state index is 12.5. The summed E-state index contributed by atoms with van der Waals surface area (Å²) in [6, 6.07) is 5.35. The van der Waals surface area contributed by atoms with Crippen LogP contribution in [-0.4, -0.2) is 31.8 Å². The van der Waals surface area contributed by atoms with Crippen molar-refractivity contribution in [1.29, 1.82) is 0 Å². The van der Waals surface area contributed by atoms with Gasteiger partial charge in [0, 0.05) is 26.1 Å². The standard InChI is InChI=1S/C16H22N2O3S/c1-12(19)18-9-8-13-6-7-16(10-14(13)11-18)22(20,21)17-15-4-2-3-5-15/h6-7,10,15,17H,2-5,8-9,11H2,1H3. The van der Waals surface area contributed by atoms with Gasteiger partial charge in [-0.1, -0.05) is 18.9 Å². The molecule has 2 aliphatic rings. The van der Waals surface area contributed by atoms with Gasteiger partial charge in [0.05, 0.1) is 4.90 Å². The zero-order chi connectivity index (χ0) is 15.7. The molecule has 0 spiro atoms. The highest BCUT2D eigenvalue weighted by molar-refractivity contribution is 7.89. The number of carbonyl (C=O) groups is 1. The van der Waals surface area contributed by atoms with Crippen molar-refractivity contribution >= 4 is 15.9 Å². The quantitative estimate of drug-likeness (QED) is 0.923. The van der Waals surface area contributed by atoms with E-state index in [-0.39, 0.29) is 11.9 Å². The van der Waals surface area contributed by atoms with Gasteiger partial charge in [-0.2, -0.15) is 0 Å². The summed E-state index contributed by atoms with van der Waals surface area (Å²) < 4.78 is 27.8. The van der Waals surface area contributed by atoms with Gasteiger partial charge < -0.3 is 4.90 Å². The monoisotopic (exact) mass is 322 g/mol. The first-order chi connectivity index (χ1) is 10.5. The Morgan fingerprint density at radius 3 is 2.64 bits per heavy atom. The molecule has 3 rings (SSSR count). The average Bonchev–Trinajstić information content (AvgIpc) is 2.98. The Bertz CT molecular complexity index is 679. The van der Waals surface area contributed by atoms with Crippen molar-refractivity contribution in [3.63, 3.8) is 0 Å². The number of carbonyl (C=O) groups excluding carboxylic acids is 1. The molecule has 1 aromatic rings. The van der Waals surface area contributed by atoms with Crippen molar-refractivity contribution in [2.24, 2.45) is 0 Å². The SMILES string of the molecule is CC(=O)N1CCc2ccc(S(=O)(=O)NC3CCCC3)cc2C1. The fraction of sp³-hybridized carbons (Fsp3) is 0.562. The molecular formula is C16H22N2O3S. The molecule has 1 N–H and O–H groups in total. The van der Waals surface area contributed by atoms with Crippen LogP contribution in [0.15, 0.2) is 23.1 Å². The number of amides is 1. The molecule has 0 radical (unpaired) electrons. The topological polar surface area (TPSA) is 66.5 Å². The van der Waals surface area contributed by atoms with E-state index in [1.54, 1.807) is 24.0 Å². The maximum Gasteiger partial charge on any atom is 0.240 e. The fourth-order valence-electron chi connectivity index (χ4n) is 3.30. The van der Waals surface area contributed by atoms with Crippen LogP contribution in [0.1, 0.15) is 43.7 Å². The highest BCUT2D eigenvalue weighted by Gasteiger charge is 2.25. The number of nitrogens with zero attached hydrogens (tertiary/aromatic N) is 1. The van der Waals surface area contributed by atoms with Crippen LogP contribution in [0, 0.1) is 0 Å².